The van der Waals surface area contributed by atoms with Gasteiger partial charge in [-0.15, -0.1) is 0 Å². The first-order valence-corrected chi connectivity index (χ1v) is 5.96. The van der Waals surface area contributed by atoms with Crippen LogP contribution in [0.1, 0.15) is 13.3 Å². The summed E-state index contributed by atoms with van der Waals surface area (Å²) in [6, 6.07) is 6.66. The molecule has 0 radical (unpaired) electrons. The summed E-state index contributed by atoms with van der Waals surface area (Å²) in [5.74, 6) is 0.198. The number of hydrogen-bond acceptors (Lipinski definition) is 3. The summed E-state index contributed by atoms with van der Waals surface area (Å²) in [6.45, 7) is 1.22. The second-order valence-electron chi connectivity index (χ2n) is 4.23. The molecule has 0 aliphatic heterocycles. The van der Waals surface area contributed by atoms with Crippen molar-refractivity contribution >= 4 is 5.69 Å². The monoisotopic (exact) mass is 277 g/mol. The van der Waals surface area contributed by atoms with E-state index in [0.717, 1.165) is 6.42 Å². The van der Waals surface area contributed by atoms with E-state index in [2.05, 4.69) is 5.32 Å². The van der Waals surface area contributed by atoms with Crippen LogP contribution in [0.3, 0.4) is 0 Å². The SMILES string of the molecule is COCCC(C)Nc1ccccc1OCC(F)(F)F. The average Bonchev–Trinajstić information content (AvgIpc) is 2.34. The molecule has 1 atom stereocenters. The third-order valence-corrected chi connectivity index (χ3v) is 2.44. The summed E-state index contributed by atoms with van der Waals surface area (Å²) in [5, 5.41) is 3.11. The Bertz CT molecular complexity index is 382. The van der Waals surface area contributed by atoms with E-state index in [1.807, 2.05) is 6.92 Å². The van der Waals surface area contributed by atoms with Gasteiger partial charge in [0.05, 0.1) is 5.69 Å². The van der Waals surface area contributed by atoms with E-state index in [1.54, 1.807) is 25.3 Å². The number of benzene rings is 1. The number of ether oxygens (including phenoxy) is 2. The van der Waals surface area contributed by atoms with Gasteiger partial charge in [0.15, 0.2) is 6.61 Å². The zero-order chi connectivity index (χ0) is 14.3. The first-order chi connectivity index (χ1) is 8.92. The molecule has 1 N–H and O–H groups in total. The van der Waals surface area contributed by atoms with Crippen molar-refractivity contribution in [2.24, 2.45) is 0 Å². The van der Waals surface area contributed by atoms with Crippen molar-refractivity contribution in [3.05, 3.63) is 24.3 Å². The van der Waals surface area contributed by atoms with Crippen LogP contribution in [-0.2, 0) is 4.74 Å². The van der Waals surface area contributed by atoms with Gasteiger partial charge in [0.2, 0.25) is 0 Å². The van der Waals surface area contributed by atoms with Gasteiger partial charge in [0.1, 0.15) is 5.75 Å². The van der Waals surface area contributed by atoms with E-state index in [9.17, 15) is 13.2 Å². The molecule has 0 aromatic heterocycles. The molecule has 6 heteroatoms. The van der Waals surface area contributed by atoms with Gasteiger partial charge < -0.3 is 14.8 Å². The van der Waals surface area contributed by atoms with Gasteiger partial charge in [0.25, 0.3) is 0 Å². The first-order valence-electron chi connectivity index (χ1n) is 5.96. The fourth-order valence-electron chi connectivity index (χ4n) is 1.50. The van der Waals surface area contributed by atoms with Gasteiger partial charge in [-0.3, -0.25) is 0 Å². The molecule has 0 heterocycles. The maximum Gasteiger partial charge on any atom is 0.422 e. The van der Waals surface area contributed by atoms with E-state index in [-0.39, 0.29) is 11.8 Å². The Kier molecular flexibility index (Phi) is 5.95. The van der Waals surface area contributed by atoms with Gasteiger partial charge in [-0.2, -0.15) is 13.2 Å². The Morgan fingerprint density at radius 2 is 1.95 bits per heavy atom. The third kappa shape index (κ3) is 6.33. The molecular formula is C13H18F3NO2. The lowest BCUT2D eigenvalue weighted by atomic mass is 10.2. The summed E-state index contributed by atoms with van der Waals surface area (Å²) >= 11 is 0. The second kappa shape index (κ2) is 7.23. The Morgan fingerprint density at radius 3 is 2.58 bits per heavy atom. The van der Waals surface area contributed by atoms with Crippen LogP contribution in [0, 0.1) is 0 Å². The minimum Gasteiger partial charge on any atom is -0.482 e. The topological polar surface area (TPSA) is 30.5 Å². The van der Waals surface area contributed by atoms with E-state index in [4.69, 9.17) is 9.47 Å². The lowest BCUT2D eigenvalue weighted by Crippen LogP contribution is -2.21. The molecule has 1 aromatic carbocycles. The second-order valence-corrected chi connectivity index (χ2v) is 4.23. The van der Waals surface area contributed by atoms with Gasteiger partial charge in [0, 0.05) is 19.8 Å². The molecule has 0 saturated carbocycles. The molecular weight excluding hydrogens is 259 g/mol. The zero-order valence-corrected chi connectivity index (χ0v) is 11.0. The molecule has 19 heavy (non-hydrogen) atoms. The maximum atomic E-state index is 12.1. The highest BCUT2D eigenvalue weighted by molar-refractivity contribution is 5.56. The molecule has 0 aliphatic rings. The van der Waals surface area contributed by atoms with E-state index >= 15 is 0 Å². The number of para-hydroxylation sites is 2. The van der Waals surface area contributed by atoms with Crippen molar-refractivity contribution in [2.45, 2.75) is 25.6 Å². The lowest BCUT2D eigenvalue weighted by Gasteiger charge is -2.18. The molecule has 0 saturated heterocycles. The highest BCUT2D eigenvalue weighted by Gasteiger charge is 2.28. The normalized spacial score (nSPS) is 13.1. The van der Waals surface area contributed by atoms with E-state index in [1.165, 1.54) is 6.07 Å². The predicted octanol–water partition coefficient (Wildman–Crippen LogP) is 3.46. The number of hydrogen-bond donors (Lipinski definition) is 1. The van der Waals surface area contributed by atoms with Crippen LogP contribution < -0.4 is 10.1 Å². The van der Waals surface area contributed by atoms with Gasteiger partial charge >= 0.3 is 6.18 Å². The first kappa shape index (κ1) is 15.6. The van der Waals surface area contributed by atoms with E-state index < -0.39 is 12.8 Å². The molecule has 0 aliphatic carbocycles. The zero-order valence-electron chi connectivity index (χ0n) is 11.0. The lowest BCUT2D eigenvalue weighted by molar-refractivity contribution is -0.153. The molecule has 1 aromatic rings. The third-order valence-electron chi connectivity index (χ3n) is 2.44. The minimum atomic E-state index is -4.34. The molecule has 0 fully saturated rings. The Labute approximate surface area is 110 Å². The van der Waals surface area contributed by atoms with Crippen molar-refractivity contribution in [1.29, 1.82) is 0 Å². The number of rotatable bonds is 7. The van der Waals surface area contributed by atoms with Gasteiger partial charge in [-0.05, 0) is 25.5 Å². The highest BCUT2D eigenvalue weighted by atomic mass is 19.4. The Morgan fingerprint density at radius 1 is 1.26 bits per heavy atom. The number of nitrogens with one attached hydrogen (secondary N) is 1. The predicted molar refractivity (Wildman–Crippen MR) is 67.6 cm³/mol. The molecule has 108 valence electrons. The van der Waals surface area contributed by atoms with Crippen LogP contribution in [0.2, 0.25) is 0 Å². The summed E-state index contributed by atoms with van der Waals surface area (Å²) < 4.78 is 46.2. The molecule has 0 bridgehead atoms. The number of alkyl halides is 3. The number of halogens is 3. The molecule has 0 spiro atoms. The summed E-state index contributed by atoms with van der Waals surface area (Å²) in [7, 11) is 1.60. The van der Waals surface area contributed by atoms with Gasteiger partial charge in [-0.1, -0.05) is 12.1 Å². The Hall–Kier alpha value is -1.43. The summed E-state index contributed by atoms with van der Waals surface area (Å²) in [4.78, 5) is 0. The number of anilines is 1. The fourth-order valence-corrected chi connectivity index (χ4v) is 1.50. The minimum absolute atomic E-state index is 0.0792. The van der Waals surface area contributed by atoms with Gasteiger partial charge in [-0.25, -0.2) is 0 Å². The van der Waals surface area contributed by atoms with Crippen molar-refractivity contribution < 1.29 is 22.6 Å². The van der Waals surface area contributed by atoms with Crippen LogP contribution >= 0.6 is 0 Å². The van der Waals surface area contributed by atoms with Crippen molar-refractivity contribution in [1.82, 2.24) is 0 Å². The van der Waals surface area contributed by atoms with Crippen LogP contribution in [0.25, 0.3) is 0 Å². The van der Waals surface area contributed by atoms with Crippen molar-refractivity contribution in [3.8, 4) is 5.75 Å². The quantitative estimate of drug-likeness (QED) is 0.828. The van der Waals surface area contributed by atoms with Crippen LogP contribution in [0.4, 0.5) is 18.9 Å². The average molecular weight is 277 g/mol. The maximum absolute atomic E-state index is 12.1. The van der Waals surface area contributed by atoms with Crippen molar-refractivity contribution in [3.63, 3.8) is 0 Å². The number of methoxy groups -OCH3 is 1. The van der Waals surface area contributed by atoms with Crippen LogP contribution in [0.15, 0.2) is 24.3 Å². The highest BCUT2D eigenvalue weighted by Crippen LogP contribution is 2.27. The fraction of sp³-hybridized carbons (Fsp3) is 0.538. The Balaban J connectivity index is 2.62. The van der Waals surface area contributed by atoms with Crippen LogP contribution in [-0.4, -0.2) is 32.5 Å². The molecule has 1 unspecified atom stereocenters. The smallest absolute Gasteiger partial charge is 0.422 e. The standard InChI is InChI=1S/C13H18F3NO2/c1-10(7-8-18-2)17-11-5-3-4-6-12(11)19-9-13(14,15)16/h3-6,10,17H,7-9H2,1-2H3. The molecule has 3 nitrogen and oxygen atoms in total. The summed E-state index contributed by atoms with van der Waals surface area (Å²) in [5.41, 5.74) is 0.551. The van der Waals surface area contributed by atoms with Crippen LogP contribution in [0.5, 0.6) is 5.75 Å². The largest absolute Gasteiger partial charge is 0.482 e. The molecule has 1 rings (SSSR count). The molecule has 0 amide bonds. The summed E-state index contributed by atoms with van der Waals surface area (Å²) in [6.07, 6.45) is -3.58. The van der Waals surface area contributed by atoms with E-state index in [0.29, 0.717) is 12.3 Å². The van der Waals surface area contributed by atoms with Crippen molar-refractivity contribution in [2.75, 3.05) is 25.6 Å².